The van der Waals surface area contributed by atoms with Crippen LogP contribution in [0.5, 0.6) is 0 Å². The molecule has 0 fully saturated rings. The van der Waals surface area contributed by atoms with Crippen LogP contribution in [0, 0.1) is 12.7 Å². The van der Waals surface area contributed by atoms with E-state index in [0.29, 0.717) is 12.1 Å². The van der Waals surface area contributed by atoms with Gasteiger partial charge in [-0.05, 0) is 35.7 Å². The minimum absolute atomic E-state index is 0.280. The molecule has 0 saturated carbocycles. The van der Waals surface area contributed by atoms with Gasteiger partial charge in [-0.25, -0.2) is 9.37 Å². The molecule has 2 N–H and O–H groups in total. The van der Waals surface area contributed by atoms with Gasteiger partial charge in [0.1, 0.15) is 11.3 Å². The molecule has 0 spiro atoms. The summed E-state index contributed by atoms with van der Waals surface area (Å²) in [4.78, 5) is 4.31. The number of hydrogen-bond acceptors (Lipinski definition) is 3. The van der Waals surface area contributed by atoms with Crippen molar-refractivity contribution in [2.45, 2.75) is 26.6 Å². The van der Waals surface area contributed by atoms with E-state index in [2.05, 4.69) is 33.8 Å². The number of benzene rings is 2. The molecule has 3 aromatic rings. The van der Waals surface area contributed by atoms with Crippen LogP contribution in [0.2, 0.25) is 0 Å². The zero-order valence-electron chi connectivity index (χ0n) is 13.0. The summed E-state index contributed by atoms with van der Waals surface area (Å²) in [6.45, 7) is 4.49. The fraction of sp³-hybridized carbons (Fsp3) is 0.211. The van der Waals surface area contributed by atoms with Crippen LogP contribution in [-0.4, -0.2) is 4.98 Å². The van der Waals surface area contributed by atoms with Crippen molar-refractivity contribution in [2.75, 3.05) is 5.32 Å². The van der Waals surface area contributed by atoms with Gasteiger partial charge < -0.3 is 10.6 Å². The summed E-state index contributed by atoms with van der Waals surface area (Å²) in [7, 11) is 0. The molecule has 4 heteroatoms. The number of halogens is 1. The molecule has 0 amide bonds. The lowest BCUT2D eigenvalue weighted by atomic mass is 10.1. The Bertz CT molecular complexity index is 889. The monoisotopic (exact) mass is 307 g/mol. The largest absolute Gasteiger partial charge is 0.380 e. The molecule has 0 atom stereocenters. The molecule has 116 valence electrons. The molecule has 1 aliphatic rings. The number of fused-ring (bicyclic) bond motifs is 2. The summed E-state index contributed by atoms with van der Waals surface area (Å²) in [5, 5.41) is 7.61. The fourth-order valence-corrected chi connectivity index (χ4v) is 3.14. The standard InChI is InChI=1S/C19H18FN3/c1-12-7-18(16-3-2-4-17(20)19(16)23-12)22-9-13-5-6-14-10-21-11-15(14)8-13/h2-8,21H,9-11H2,1H3,(H,22,23). The molecule has 1 aliphatic heterocycles. The Morgan fingerprint density at radius 2 is 2.00 bits per heavy atom. The molecule has 3 nitrogen and oxygen atoms in total. The van der Waals surface area contributed by atoms with Gasteiger partial charge in [0.15, 0.2) is 0 Å². The smallest absolute Gasteiger partial charge is 0.149 e. The molecule has 0 unspecified atom stereocenters. The van der Waals surface area contributed by atoms with Crippen molar-refractivity contribution in [3.63, 3.8) is 0 Å². The van der Waals surface area contributed by atoms with Crippen LogP contribution in [0.25, 0.3) is 10.9 Å². The lowest BCUT2D eigenvalue weighted by Gasteiger charge is -2.12. The first-order valence-corrected chi connectivity index (χ1v) is 7.82. The molecule has 0 saturated heterocycles. The van der Waals surface area contributed by atoms with Gasteiger partial charge in [0.05, 0.1) is 0 Å². The fourth-order valence-electron chi connectivity index (χ4n) is 3.14. The molecule has 2 aromatic carbocycles. The zero-order valence-corrected chi connectivity index (χ0v) is 13.0. The Morgan fingerprint density at radius 3 is 2.91 bits per heavy atom. The number of pyridine rings is 1. The average molecular weight is 307 g/mol. The highest BCUT2D eigenvalue weighted by Gasteiger charge is 2.11. The quantitative estimate of drug-likeness (QED) is 0.770. The van der Waals surface area contributed by atoms with E-state index in [4.69, 9.17) is 0 Å². The topological polar surface area (TPSA) is 37.0 Å². The highest BCUT2D eigenvalue weighted by molar-refractivity contribution is 5.91. The third kappa shape index (κ3) is 2.66. The predicted octanol–water partition coefficient (Wildman–Crippen LogP) is 3.90. The summed E-state index contributed by atoms with van der Waals surface area (Å²) in [6, 6.07) is 13.6. The van der Waals surface area contributed by atoms with Gasteiger partial charge in [-0.3, -0.25) is 0 Å². The first-order chi connectivity index (χ1) is 11.2. The SMILES string of the molecule is Cc1cc(NCc2ccc3c(c2)CNC3)c2cccc(F)c2n1. The first-order valence-electron chi connectivity index (χ1n) is 7.82. The summed E-state index contributed by atoms with van der Waals surface area (Å²) in [5.41, 5.74) is 6.13. The average Bonchev–Trinajstić information content (AvgIpc) is 3.01. The van der Waals surface area contributed by atoms with Gasteiger partial charge in [-0.15, -0.1) is 0 Å². The molecule has 0 radical (unpaired) electrons. The number of aryl methyl sites for hydroxylation is 1. The molecule has 23 heavy (non-hydrogen) atoms. The Labute approximate surface area is 134 Å². The van der Waals surface area contributed by atoms with Gasteiger partial charge in [-0.2, -0.15) is 0 Å². The van der Waals surface area contributed by atoms with Crippen LogP contribution in [0.1, 0.15) is 22.4 Å². The van der Waals surface area contributed by atoms with Crippen molar-refractivity contribution in [1.82, 2.24) is 10.3 Å². The van der Waals surface area contributed by atoms with Crippen molar-refractivity contribution in [1.29, 1.82) is 0 Å². The van der Waals surface area contributed by atoms with E-state index in [1.54, 1.807) is 6.07 Å². The Hall–Kier alpha value is -2.46. The van der Waals surface area contributed by atoms with Crippen molar-refractivity contribution in [3.8, 4) is 0 Å². The third-order valence-corrected chi connectivity index (χ3v) is 4.30. The molecular formula is C19H18FN3. The second-order valence-corrected chi connectivity index (χ2v) is 6.01. The maximum atomic E-state index is 14.0. The van der Waals surface area contributed by atoms with E-state index in [1.807, 2.05) is 19.1 Å². The van der Waals surface area contributed by atoms with Gasteiger partial charge >= 0.3 is 0 Å². The van der Waals surface area contributed by atoms with Gasteiger partial charge in [0.2, 0.25) is 0 Å². The molecule has 0 aliphatic carbocycles. The zero-order chi connectivity index (χ0) is 15.8. The Morgan fingerprint density at radius 1 is 1.13 bits per heavy atom. The number of nitrogens with one attached hydrogen (secondary N) is 2. The Kier molecular flexibility index (Phi) is 3.46. The first kappa shape index (κ1) is 14.2. The van der Waals surface area contributed by atoms with Crippen molar-refractivity contribution in [2.24, 2.45) is 0 Å². The van der Waals surface area contributed by atoms with Crippen LogP contribution >= 0.6 is 0 Å². The molecular weight excluding hydrogens is 289 g/mol. The predicted molar refractivity (Wildman–Crippen MR) is 90.8 cm³/mol. The molecule has 2 heterocycles. The molecule has 4 rings (SSSR count). The van der Waals surface area contributed by atoms with Gasteiger partial charge in [0.25, 0.3) is 0 Å². The number of aromatic nitrogens is 1. The second-order valence-electron chi connectivity index (χ2n) is 6.01. The third-order valence-electron chi connectivity index (χ3n) is 4.30. The lowest BCUT2D eigenvalue weighted by Crippen LogP contribution is -2.03. The maximum absolute atomic E-state index is 14.0. The summed E-state index contributed by atoms with van der Waals surface area (Å²) >= 11 is 0. The van der Waals surface area contributed by atoms with Crippen LogP contribution in [0.4, 0.5) is 10.1 Å². The highest BCUT2D eigenvalue weighted by Crippen LogP contribution is 2.26. The van der Waals surface area contributed by atoms with Gasteiger partial charge in [-0.1, -0.05) is 30.3 Å². The molecule has 0 bridgehead atoms. The minimum atomic E-state index is -0.280. The van der Waals surface area contributed by atoms with Crippen LogP contribution in [0.3, 0.4) is 0 Å². The van der Waals surface area contributed by atoms with E-state index in [0.717, 1.165) is 29.9 Å². The van der Waals surface area contributed by atoms with Crippen molar-refractivity contribution < 1.29 is 4.39 Å². The number of anilines is 1. The summed E-state index contributed by atoms with van der Waals surface area (Å²) < 4.78 is 14.0. The van der Waals surface area contributed by atoms with Gasteiger partial charge in [0, 0.05) is 36.4 Å². The molecule has 1 aromatic heterocycles. The highest BCUT2D eigenvalue weighted by atomic mass is 19.1. The maximum Gasteiger partial charge on any atom is 0.149 e. The summed E-state index contributed by atoms with van der Waals surface area (Å²) in [6.07, 6.45) is 0. The number of para-hydroxylation sites is 1. The number of hydrogen-bond donors (Lipinski definition) is 2. The number of rotatable bonds is 3. The van der Waals surface area contributed by atoms with Crippen LogP contribution in [0.15, 0.2) is 42.5 Å². The van der Waals surface area contributed by atoms with E-state index < -0.39 is 0 Å². The minimum Gasteiger partial charge on any atom is -0.380 e. The van der Waals surface area contributed by atoms with E-state index in [1.165, 1.54) is 22.8 Å². The number of nitrogens with zero attached hydrogens (tertiary/aromatic N) is 1. The van der Waals surface area contributed by atoms with Crippen LogP contribution < -0.4 is 10.6 Å². The van der Waals surface area contributed by atoms with Crippen molar-refractivity contribution >= 4 is 16.6 Å². The van der Waals surface area contributed by atoms with E-state index >= 15 is 0 Å². The summed E-state index contributed by atoms with van der Waals surface area (Å²) in [5.74, 6) is -0.280. The van der Waals surface area contributed by atoms with E-state index in [-0.39, 0.29) is 5.82 Å². The van der Waals surface area contributed by atoms with Crippen LogP contribution in [-0.2, 0) is 19.6 Å². The van der Waals surface area contributed by atoms with Crippen molar-refractivity contribution in [3.05, 3.63) is 70.7 Å². The van der Waals surface area contributed by atoms with E-state index in [9.17, 15) is 4.39 Å². The second kappa shape index (κ2) is 5.63. The Balaban J connectivity index is 1.64. The lowest BCUT2D eigenvalue weighted by molar-refractivity contribution is 0.636. The normalized spacial score (nSPS) is 13.3.